The van der Waals surface area contributed by atoms with Gasteiger partial charge in [0.15, 0.2) is 0 Å². The van der Waals surface area contributed by atoms with E-state index in [9.17, 15) is 9.59 Å². The van der Waals surface area contributed by atoms with Crippen molar-refractivity contribution in [3.8, 4) is 0 Å². The quantitative estimate of drug-likeness (QED) is 0.606. The number of benzene rings is 2. The topological polar surface area (TPSA) is 58.2 Å². The van der Waals surface area contributed by atoms with Gasteiger partial charge in [0, 0.05) is 16.8 Å². The summed E-state index contributed by atoms with van der Waals surface area (Å²) < 4.78 is 0. The van der Waals surface area contributed by atoms with Gasteiger partial charge in [0.2, 0.25) is 11.8 Å². The van der Waals surface area contributed by atoms with Crippen molar-refractivity contribution < 1.29 is 9.59 Å². The van der Waals surface area contributed by atoms with E-state index >= 15 is 0 Å². The van der Waals surface area contributed by atoms with Crippen molar-refractivity contribution in [2.24, 2.45) is 0 Å². The predicted molar refractivity (Wildman–Crippen MR) is 110 cm³/mol. The van der Waals surface area contributed by atoms with Gasteiger partial charge in [-0.15, -0.1) is 0 Å². The normalized spacial score (nSPS) is 11.0. The van der Waals surface area contributed by atoms with Gasteiger partial charge in [-0.2, -0.15) is 0 Å². The fraction of sp³-hybridized carbons (Fsp3) is 0.263. The maximum Gasteiger partial charge on any atom is 0.235 e. The van der Waals surface area contributed by atoms with Crippen LogP contribution < -0.4 is 10.6 Å². The number of hydrogen-bond acceptors (Lipinski definition) is 2. The first-order valence-corrected chi connectivity index (χ1v) is 10.0. The van der Waals surface area contributed by atoms with Gasteiger partial charge in [-0.25, -0.2) is 0 Å². The Hall–Kier alpha value is -1.66. The van der Waals surface area contributed by atoms with E-state index < -0.39 is 0 Å². The molecule has 0 unspecified atom stereocenters. The van der Waals surface area contributed by atoms with E-state index in [0.29, 0.717) is 0 Å². The van der Waals surface area contributed by atoms with Gasteiger partial charge in [0.25, 0.3) is 0 Å². The first kappa shape index (κ1) is 19.7. The van der Waals surface area contributed by atoms with Crippen LogP contribution in [0.5, 0.6) is 0 Å². The van der Waals surface area contributed by atoms with E-state index in [2.05, 4.69) is 56.3 Å². The molecule has 0 atom stereocenters. The number of carbonyl (C=O) groups is 2. The molecular formula is C19H20Br2N2O2. The molecule has 2 rings (SSSR count). The molecule has 4 nitrogen and oxygen atoms in total. The van der Waals surface area contributed by atoms with E-state index in [4.69, 9.17) is 0 Å². The second-order valence-corrected chi connectivity index (χ2v) is 7.26. The molecule has 6 heteroatoms. The van der Waals surface area contributed by atoms with E-state index in [1.165, 1.54) is 0 Å². The van der Waals surface area contributed by atoms with Crippen LogP contribution in [0.3, 0.4) is 0 Å². The van der Waals surface area contributed by atoms with Gasteiger partial charge in [-0.3, -0.25) is 9.59 Å². The third-order valence-electron chi connectivity index (χ3n) is 4.02. The minimum absolute atomic E-state index is 0.0758. The average molecular weight is 468 g/mol. The van der Waals surface area contributed by atoms with Crippen LogP contribution in [0, 0.1) is 0 Å². The molecule has 0 aliphatic carbocycles. The second kappa shape index (κ2) is 8.63. The molecule has 132 valence electrons. The van der Waals surface area contributed by atoms with Crippen LogP contribution in [0.2, 0.25) is 0 Å². The van der Waals surface area contributed by atoms with Crippen LogP contribution >= 0.6 is 31.9 Å². The summed E-state index contributed by atoms with van der Waals surface area (Å²) in [5.74, 6) is -0.152. The molecule has 0 heterocycles. The number of anilines is 2. The summed E-state index contributed by atoms with van der Waals surface area (Å²) in [7, 11) is 0. The molecule has 2 aromatic rings. The van der Waals surface area contributed by atoms with Crippen LogP contribution in [0.25, 0.3) is 0 Å². The smallest absolute Gasteiger partial charge is 0.235 e. The fourth-order valence-electron chi connectivity index (χ4n) is 2.50. The zero-order valence-electron chi connectivity index (χ0n) is 14.1. The van der Waals surface area contributed by atoms with E-state index in [0.717, 1.165) is 22.5 Å². The number of hydrogen-bond donors (Lipinski definition) is 2. The highest BCUT2D eigenvalue weighted by atomic mass is 79.9. The monoisotopic (exact) mass is 466 g/mol. The van der Waals surface area contributed by atoms with E-state index in [1.807, 2.05) is 48.5 Å². The Morgan fingerprint density at radius 3 is 1.36 bits per heavy atom. The number of alkyl halides is 2. The van der Waals surface area contributed by atoms with Gasteiger partial charge in [0.05, 0.1) is 10.7 Å². The van der Waals surface area contributed by atoms with Crippen molar-refractivity contribution in [3.63, 3.8) is 0 Å². The summed E-state index contributed by atoms with van der Waals surface area (Å²) in [6.45, 7) is 4.29. The zero-order valence-corrected chi connectivity index (χ0v) is 17.3. The average Bonchev–Trinajstić information content (AvgIpc) is 2.62. The molecular weight excluding hydrogens is 448 g/mol. The van der Waals surface area contributed by atoms with Gasteiger partial charge in [-0.1, -0.05) is 70.0 Å². The van der Waals surface area contributed by atoms with Gasteiger partial charge in [-0.05, 0) is 35.4 Å². The highest BCUT2D eigenvalue weighted by Gasteiger charge is 2.23. The molecule has 0 spiro atoms. The van der Waals surface area contributed by atoms with Crippen molar-refractivity contribution in [1.29, 1.82) is 0 Å². The molecule has 2 amide bonds. The molecule has 0 aliphatic heterocycles. The van der Waals surface area contributed by atoms with Gasteiger partial charge in [0.1, 0.15) is 0 Å². The zero-order chi connectivity index (χ0) is 18.4. The molecule has 2 N–H and O–H groups in total. The molecule has 0 aromatic heterocycles. The highest BCUT2D eigenvalue weighted by Crippen LogP contribution is 2.32. The number of halogens is 2. The standard InChI is InChI=1S/C19H20Br2N2O2/c1-19(2,13-3-7-15(8-4-13)22-17(24)11-20)14-5-9-16(10-6-14)23-18(25)12-21/h3-10H,11-12H2,1-2H3,(H,22,24)(H,23,25). The molecule has 0 aliphatic rings. The molecule has 0 saturated carbocycles. The van der Waals surface area contributed by atoms with Crippen molar-refractivity contribution in [2.45, 2.75) is 19.3 Å². The van der Waals surface area contributed by atoms with Crippen molar-refractivity contribution in [3.05, 3.63) is 59.7 Å². The third-order valence-corrected chi connectivity index (χ3v) is 5.04. The maximum absolute atomic E-state index is 11.4. The Morgan fingerprint density at radius 1 is 0.760 bits per heavy atom. The van der Waals surface area contributed by atoms with Gasteiger partial charge < -0.3 is 10.6 Å². The highest BCUT2D eigenvalue weighted by molar-refractivity contribution is 9.09. The van der Waals surface area contributed by atoms with Crippen molar-refractivity contribution in [1.82, 2.24) is 0 Å². The molecule has 0 fully saturated rings. The van der Waals surface area contributed by atoms with E-state index in [1.54, 1.807) is 0 Å². The lowest BCUT2D eigenvalue weighted by Gasteiger charge is -2.26. The Kier molecular flexibility index (Phi) is 6.79. The van der Waals surface area contributed by atoms with Crippen LogP contribution in [0.1, 0.15) is 25.0 Å². The Morgan fingerprint density at radius 2 is 1.08 bits per heavy atom. The Balaban J connectivity index is 2.17. The van der Waals surface area contributed by atoms with Crippen LogP contribution in [0.15, 0.2) is 48.5 Å². The van der Waals surface area contributed by atoms with Crippen LogP contribution in [0.4, 0.5) is 11.4 Å². The number of amides is 2. The van der Waals surface area contributed by atoms with Gasteiger partial charge >= 0.3 is 0 Å². The van der Waals surface area contributed by atoms with Crippen LogP contribution in [-0.2, 0) is 15.0 Å². The number of carbonyl (C=O) groups excluding carboxylic acids is 2. The van der Waals surface area contributed by atoms with Crippen LogP contribution in [-0.4, -0.2) is 22.5 Å². The molecule has 25 heavy (non-hydrogen) atoms. The lowest BCUT2D eigenvalue weighted by Crippen LogP contribution is -2.19. The largest absolute Gasteiger partial charge is 0.325 e. The van der Waals surface area contributed by atoms with E-state index in [-0.39, 0.29) is 27.9 Å². The summed E-state index contributed by atoms with van der Waals surface area (Å²) in [6.07, 6.45) is 0. The molecule has 0 bridgehead atoms. The Bertz CT molecular complexity index is 678. The molecule has 0 saturated heterocycles. The van der Waals surface area contributed by atoms with Crippen molar-refractivity contribution >= 4 is 55.0 Å². The number of nitrogens with one attached hydrogen (secondary N) is 2. The summed E-state index contributed by atoms with van der Waals surface area (Å²) in [5.41, 5.74) is 3.63. The SMILES string of the molecule is CC(C)(c1ccc(NC(=O)CBr)cc1)c1ccc(NC(=O)CBr)cc1. The lowest BCUT2D eigenvalue weighted by molar-refractivity contribution is -0.114. The third kappa shape index (κ3) is 5.16. The Labute approximate surface area is 164 Å². The maximum atomic E-state index is 11.4. The summed E-state index contributed by atoms with van der Waals surface area (Å²) >= 11 is 6.27. The number of rotatable bonds is 6. The minimum atomic E-state index is -0.198. The fourth-order valence-corrected chi connectivity index (χ4v) is 2.78. The molecule has 0 radical (unpaired) electrons. The minimum Gasteiger partial charge on any atom is -0.325 e. The summed E-state index contributed by atoms with van der Waals surface area (Å²) in [6, 6.07) is 15.7. The first-order valence-electron chi connectivity index (χ1n) is 7.79. The lowest BCUT2D eigenvalue weighted by atomic mass is 9.78. The second-order valence-electron chi connectivity index (χ2n) is 6.14. The first-order chi connectivity index (χ1) is 11.9. The van der Waals surface area contributed by atoms with Crippen molar-refractivity contribution in [2.75, 3.05) is 21.3 Å². The molecule has 2 aromatic carbocycles. The summed E-state index contributed by atoms with van der Waals surface area (Å²) in [4.78, 5) is 22.8. The predicted octanol–water partition coefficient (Wildman–Crippen LogP) is 4.68. The summed E-state index contributed by atoms with van der Waals surface area (Å²) in [5, 5.41) is 6.17.